The number of rotatable bonds is 6. The first-order chi connectivity index (χ1) is 15.6. The van der Waals surface area contributed by atoms with E-state index < -0.39 is 5.97 Å². The second-order valence-corrected chi connectivity index (χ2v) is 7.83. The predicted octanol–water partition coefficient (Wildman–Crippen LogP) is 3.24. The molecule has 3 aromatic heterocycles. The maximum absolute atomic E-state index is 12.7. The van der Waals surface area contributed by atoms with Gasteiger partial charge < -0.3 is 14.3 Å². The van der Waals surface area contributed by atoms with Gasteiger partial charge in [-0.3, -0.25) is 4.79 Å². The molecule has 0 aliphatic heterocycles. The lowest BCUT2D eigenvalue weighted by molar-refractivity contribution is 0.0697. The van der Waals surface area contributed by atoms with Crippen molar-refractivity contribution in [3.8, 4) is 17.1 Å². The summed E-state index contributed by atoms with van der Waals surface area (Å²) in [6.45, 7) is 0.166. The Kier molecular flexibility index (Phi) is 5.00. The Morgan fingerprint density at radius 2 is 1.88 bits per heavy atom. The van der Waals surface area contributed by atoms with Crippen molar-refractivity contribution >= 4 is 28.3 Å². The molecule has 0 saturated carbocycles. The van der Waals surface area contributed by atoms with Crippen molar-refractivity contribution in [2.24, 2.45) is 0 Å². The lowest BCUT2D eigenvalue weighted by Gasteiger charge is -2.01. The van der Waals surface area contributed by atoms with Crippen LogP contribution >= 0.6 is 11.3 Å². The number of nitrogens with zero attached hydrogens (tertiary/aromatic N) is 3. The van der Waals surface area contributed by atoms with Gasteiger partial charge >= 0.3 is 5.97 Å². The molecule has 158 valence electrons. The predicted molar refractivity (Wildman–Crippen MR) is 118 cm³/mol. The van der Waals surface area contributed by atoms with Gasteiger partial charge in [-0.15, -0.1) is 5.10 Å². The third-order valence-electron chi connectivity index (χ3n) is 4.65. The molecule has 0 radical (unpaired) electrons. The number of carboxylic acid groups (broad SMARTS) is 1. The number of thiazole rings is 1. The maximum Gasteiger partial charge on any atom is 0.335 e. The first-order valence-electron chi connectivity index (χ1n) is 9.58. The van der Waals surface area contributed by atoms with Crippen molar-refractivity contribution in [1.29, 1.82) is 0 Å². The first-order valence-corrected chi connectivity index (χ1v) is 10.4. The van der Waals surface area contributed by atoms with E-state index in [1.54, 1.807) is 30.3 Å². The fourth-order valence-corrected chi connectivity index (χ4v) is 4.00. The van der Waals surface area contributed by atoms with Crippen molar-refractivity contribution in [3.63, 3.8) is 0 Å². The third kappa shape index (κ3) is 3.88. The number of carbonyl (C=O) groups is 1. The number of aromatic nitrogens is 3. The van der Waals surface area contributed by atoms with Gasteiger partial charge in [0.25, 0.3) is 5.56 Å². The molecule has 9 heteroatoms. The molecule has 0 saturated heterocycles. The van der Waals surface area contributed by atoms with Crippen molar-refractivity contribution in [3.05, 3.63) is 98.8 Å². The van der Waals surface area contributed by atoms with Gasteiger partial charge in [-0.05, 0) is 36.4 Å². The molecule has 0 spiro atoms. The van der Waals surface area contributed by atoms with E-state index in [0.717, 1.165) is 5.56 Å². The smallest absolute Gasteiger partial charge is 0.335 e. The molecule has 2 aromatic carbocycles. The molecule has 0 aliphatic rings. The maximum atomic E-state index is 12.7. The molecule has 0 fully saturated rings. The zero-order valence-electron chi connectivity index (χ0n) is 16.5. The summed E-state index contributed by atoms with van der Waals surface area (Å²) in [5, 5.41) is 13.3. The van der Waals surface area contributed by atoms with Crippen LogP contribution in [-0.2, 0) is 6.61 Å². The number of benzene rings is 2. The number of ether oxygens (including phenoxy) is 1. The second-order valence-electron chi connectivity index (χ2n) is 6.82. The minimum absolute atomic E-state index is 0.166. The summed E-state index contributed by atoms with van der Waals surface area (Å²) >= 11 is 1.21. The Labute approximate surface area is 184 Å². The van der Waals surface area contributed by atoms with E-state index in [9.17, 15) is 9.59 Å². The molecular weight excluding hydrogens is 430 g/mol. The Balaban J connectivity index is 1.37. The van der Waals surface area contributed by atoms with Gasteiger partial charge in [-0.2, -0.15) is 9.50 Å². The molecule has 1 N–H and O–H groups in total. The van der Waals surface area contributed by atoms with E-state index in [2.05, 4.69) is 10.1 Å². The molecule has 0 aliphatic carbocycles. The molecular formula is C23H15N3O5S. The van der Waals surface area contributed by atoms with Crippen molar-refractivity contribution < 1.29 is 19.1 Å². The highest BCUT2D eigenvalue weighted by Gasteiger charge is 2.12. The number of furan rings is 1. The van der Waals surface area contributed by atoms with E-state index >= 15 is 0 Å². The number of aromatic carboxylic acids is 1. The SMILES string of the molecule is O=C(O)c1ccc(-c2ccc(C=c3sc4nc(COc5ccccc5)nn4c3=O)o2)cc1. The second kappa shape index (κ2) is 8.12. The van der Waals surface area contributed by atoms with E-state index in [-0.39, 0.29) is 17.7 Å². The number of para-hydroxylation sites is 1. The first kappa shape index (κ1) is 19.7. The fraction of sp³-hybridized carbons (Fsp3) is 0.0435. The molecule has 0 amide bonds. The van der Waals surface area contributed by atoms with Crippen molar-refractivity contribution in [1.82, 2.24) is 14.6 Å². The normalized spacial score (nSPS) is 11.8. The zero-order chi connectivity index (χ0) is 22.1. The van der Waals surface area contributed by atoms with Gasteiger partial charge in [0, 0.05) is 11.6 Å². The molecule has 32 heavy (non-hydrogen) atoms. The summed E-state index contributed by atoms with van der Waals surface area (Å²) in [7, 11) is 0. The number of carboxylic acids is 1. The van der Waals surface area contributed by atoms with Crippen LogP contribution in [0, 0.1) is 0 Å². The molecule has 3 heterocycles. The molecule has 8 nitrogen and oxygen atoms in total. The van der Waals surface area contributed by atoms with E-state index in [0.29, 0.717) is 32.6 Å². The van der Waals surface area contributed by atoms with E-state index in [4.69, 9.17) is 14.3 Å². The van der Waals surface area contributed by atoms with Crippen LogP contribution in [0.25, 0.3) is 22.4 Å². The molecule has 0 bridgehead atoms. The quantitative estimate of drug-likeness (QED) is 0.428. The summed E-state index contributed by atoms with van der Waals surface area (Å²) in [5.41, 5.74) is 0.654. The molecule has 5 rings (SSSR count). The topological polar surface area (TPSA) is 107 Å². The van der Waals surface area contributed by atoms with Crippen LogP contribution in [0.15, 0.2) is 75.9 Å². The van der Waals surface area contributed by atoms with Crippen LogP contribution in [0.1, 0.15) is 21.9 Å². The largest absolute Gasteiger partial charge is 0.486 e. The summed E-state index contributed by atoms with van der Waals surface area (Å²) in [6.07, 6.45) is 1.64. The summed E-state index contributed by atoms with van der Waals surface area (Å²) < 4.78 is 13.1. The Morgan fingerprint density at radius 3 is 2.59 bits per heavy atom. The fourth-order valence-electron chi connectivity index (χ4n) is 3.09. The van der Waals surface area contributed by atoms with E-state index in [1.807, 2.05) is 30.3 Å². The highest BCUT2D eigenvalue weighted by Crippen LogP contribution is 2.23. The minimum Gasteiger partial charge on any atom is -0.486 e. The highest BCUT2D eigenvalue weighted by atomic mass is 32.1. The van der Waals surface area contributed by atoms with Crippen LogP contribution in [0.3, 0.4) is 0 Å². The van der Waals surface area contributed by atoms with Gasteiger partial charge in [-0.1, -0.05) is 41.7 Å². The number of hydrogen-bond donors (Lipinski definition) is 1. The zero-order valence-corrected chi connectivity index (χ0v) is 17.3. The monoisotopic (exact) mass is 445 g/mol. The minimum atomic E-state index is -0.987. The van der Waals surface area contributed by atoms with Gasteiger partial charge in [0.1, 0.15) is 28.4 Å². The van der Waals surface area contributed by atoms with Crippen LogP contribution in [0.5, 0.6) is 5.75 Å². The summed E-state index contributed by atoms with van der Waals surface area (Å²) in [5.74, 6) is 1.21. The molecule has 0 atom stereocenters. The Hall–Kier alpha value is -4.24. The summed E-state index contributed by atoms with van der Waals surface area (Å²) in [4.78, 5) is 28.5. The summed E-state index contributed by atoms with van der Waals surface area (Å²) in [6, 6.07) is 19.2. The van der Waals surface area contributed by atoms with Crippen molar-refractivity contribution in [2.75, 3.05) is 0 Å². The van der Waals surface area contributed by atoms with Crippen LogP contribution in [0.2, 0.25) is 0 Å². The van der Waals surface area contributed by atoms with Crippen LogP contribution < -0.4 is 14.8 Å². The Bertz CT molecular complexity index is 1520. The number of fused-ring (bicyclic) bond motifs is 1. The standard InChI is InChI=1S/C23H15N3O5S/c27-21-19(12-17-10-11-18(31-17)14-6-8-15(9-7-14)22(28)29)32-23-24-20(25-26(21)23)13-30-16-4-2-1-3-5-16/h1-12H,13H2,(H,28,29). The Morgan fingerprint density at radius 1 is 1.09 bits per heavy atom. The van der Waals surface area contributed by atoms with Crippen LogP contribution in [0.4, 0.5) is 0 Å². The lowest BCUT2D eigenvalue weighted by atomic mass is 10.1. The average Bonchev–Trinajstić information content (AvgIpc) is 3.51. The van der Waals surface area contributed by atoms with Crippen molar-refractivity contribution in [2.45, 2.75) is 6.61 Å². The lowest BCUT2D eigenvalue weighted by Crippen LogP contribution is -2.23. The molecule has 5 aromatic rings. The highest BCUT2D eigenvalue weighted by molar-refractivity contribution is 7.15. The molecule has 0 unspecified atom stereocenters. The van der Waals surface area contributed by atoms with E-state index in [1.165, 1.54) is 28.0 Å². The van der Waals surface area contributed by atoms with Gasteiger partial charge in [0.15, 0.2) is 5.82 Å². The van der Waals surface area contributed by atoms with Gasteiger partial charge in [0.05, 0.1) is 5.56 Å². The number of hydrogen-bond acceptors (Lipinski definition) is 7. The third-order valence-corrected chi connectivity index (χ3v) is 5.61. The van der Waals surface area contributed by atoms with Gasteiger partial charge in [-0.25, -0.2) is 4.79 Å². The average molecular weight is 445 g/mol. The van der Waals surface area contributed by atoms with Gasteiger partial charge in [0.2, 0.25) is 4.96 Å². The van der Waals surface area contributed by atoms with Crippen LogP contribution in [-0.4, -0.2) is 25.7 Å².